The fraction of sp³-hybridized carbons (Fsp3) is 1.00. The van der Waals surface area contributed by atoms with E-state index in [0.717, 1.165) is 0 Å². The van der Waals surface area contributed by atoms with Crippen LogP contribution in [-0.2, 0) is 0 Å². The van der Waals surface area contributed by atoms with Crippen molar-refractivity contribution in [3.8, 4) is 0 Å². The summed E-state index contributed by atoms with van der Waals surface area (Å²) in [5.41, 5.74) is 0. The first-order valence-corrected chi connectivity index (χ1v) is 36.7. The third kappa shape index (κ3) is 7.18. The largest absolute Gasteiger partial charge is 0.208 e. The maximum Gasteiger partial charge on any atom is -0.0154 e. The topological polar surface area (TPSA) is 0 Å². The maximum absolute atomic E-state index is 2.84. The molecule has 0 unspecified atom stereocenters. The normalized spacial score (nSPS) is 19.3. The summed E-state index contributed by atoms with van der Waals surface area (Å²) in [6.45, 7) is 4.70. The SMILES string of the molecule is CCCCCCS(C)(C)S(C)(C)S(C)(C)S(C)(C)S(C)(C)S(C)(C)S(C)(C)S(C)(C)CCCCC. The van der Waals surface area contributed by atoms with Gasteiger partial charge in [0.15, 0.2) is 0 Å². The fourth-order valence-electron chi connectivity index (χ4n) is 4.44. The summed E-state index contributed by atoms with van der Waals surface area (Å²) in [6, 6.07) is 0. The van der Waals surface area contributed by atoms with Crippen LogP contribution in [-0.4, -0.2) is 112 Å². The smallest absolute Gasteiger partial charge is 0.0154 e. The highest BCUT2D eigenvalue weighted by Gasteiger charge is 2.54. The van der Waals surface area contributed by atoms with Crippen LogP contribution in [0.15, 0.2) is 0 Å². The van der Waals surface area contributed by atoms with Gasteiger partial charge in [0, 0.05) is 0 Å². The van der Waals surface area contributed by atoms with Crippen molar-refractivity contribution in [1.82, 2.24) is 0 Å². The molecular weight excluding hydrogens is 581 g/mol. The van der Waals surface area contributed by atoms with E-state index in [1.807, 2.05) is 0 Å². The first-order valence-electron chi connectivity index (χ1n) is 13.2. The first kappa shape index (κ1) is 37.8. The first-order chi connectivity index (χ1) is 15.4. The Kier molecular flexibility index (Phi) is 14.2. The molecule has 0 aromatic rings. The van der Waals surface area contributed by atoms with E-state index in [9.17, 15) is 0 Å². The molecule has 0 aromatic heterocycles. The van der Waals surface area contributed by atoms with E-state index in [1.165, 1.54) is 56.5 Å². The van der Waals surface area contributed by atoms with Gasteiger partial charge in [-0.15, -0.1) is 0 Å². The number of rotatable bonds is 16. The molecule has 0 atom stereocenters. The zero-order valence-electron chi connectivity index (χ0n) is 27.6. The third-order valence-corrected chi connectivity index (χ3v) is 110. The van der Waals surface area contributed by atoms with Crippen LogP contribution in [0.4, 0.5) is 0 Å². The number of unbranched alkanes of at least 4 members (excludes halogenated alkanes) is 5. The average Bonchev–Trinajstić information content (AvgIpc) is 2.70. The molecule has 0 N–H and O–H groups in total. The van der Waals surface area contributed by atoms with Crippen molar-refractivity contribution >= 4 is 66.7 Å². The predicted octanol–water partition coefficient (Wildman–Crippen LogP) is 11.7. The molecule has 0 aromatic carbocycles. The van der Waals surface area contributed by atoms with Crippen molar-refractivity contribution in [2.45, 2.75) is 58.8 Å². The van der Waals surface area contributed by atoms with E-state index in [1.54, 1.807) is 0 Å². The minimum absolute atomic E-state index is 0.584. The lowest BCUT2D eigenvalue weighted by molar-refractivity contribution is 0.706. The van der Waals surface area contributed by atoms with Crippen LogP contribution in [0.5, 0.6) is 0 Å². The van der Waals surface area contributed by atoms with Crippen LogP contribution in [0.1, 0.15) is 58.8 Å². The molecule has 0 rings (SSSR count). The molecule has 35 heavy (non-hydrogen) atoms. The Hall–Kier alpha value is 2.80. The predicted molar refractivity (Wildman–Crippen MR) is 209 cm³/mol. The van der Waals surface area contributed by atoms with Crippen LogP contribution in [0.3, 0.4) is 0 Å². The van der Waals surface area contributed by atoms with Crippen LogP contribution in [0.25, 0.3) is 0 Å². The monoisotopic (exact) mass is 652 g/mol. The lowest BCUT2D eigenvalue weighted by Crippen LogP contribution is -2.26. The van der Waals surface area contributed by atoms with E-state index in [2.05, 4.69) is 114 Å². The van der Waals surface area contributed by atoms with Gasteiger partial charge in [0.25, 0.3) is 0 Å². The molecule has 0 aliphatic heterocycles. The lowest BCUT2D eigenvalue weighted by atomic mass is 10.2. The third-order valence-electron chi connectivity index (χ3n) is 9.74. The Morgan fingerprint density at radius 2 is 0.514 bits per heavy atom. The average molecular weight is 653 g/mol. The molecule has 0 heterocycles. The summed E-state index contributed by atoms with van der Waals surface area (Å²) in [6.07, 6.45) is 54.6. The van der Waals surface area contributed by atoms with E-state index < -0.39 is 66.7 Å². The molecule has 0 fully saturated rings. The van der Waals surface area contributed by atoms with E-state index >= 15 is 0 Å². The highest BCUT2D eigenvalue weighted by atomic mass is 34.0. The summed E-state index contributed by atoms with van der Waals surface area (Å²) in [5.74, 6) is 2.99. The fourth-order valence-corrected chi connectivity index (χ4v) is 117. The van der Waals surface area contributed by atoms with E-state index in [0.29, 0.717) is 0 Å². The molecule has 0 saturated heterocycles. The second-order valence-corrected chi connectivity index (χ2v) is 72.4. The van der Waals surface area contributed by atoms with Crippen molar-refractivity contribution in [1.29, 1.82) is 0 Å². The van der Waals surface area contributed by atoms with Crippen LogP contribution in [0, 0.1) is 0 Å². The molecule has 0 nitrogen and oxygen atoms in total. The number of hydrogen-bond donors (Lipinski definition) is 0. The Morgan fingerprint density at radius 1 is 0.286 bits per heavy atom. The Bertz CT molecular complexity index is 660. The number of hydrogen-bond acceptors (Lipinski definition) is 0. The summed E-state index contributed by atoms with van der Waals surface area (Å²) in [7, 11) is -5.44. The molecule has 0 aliphatic carbocycles. The molecule has 0 saturated carbocycles. The highest BCUT2D eigenvalue weighted by molar-refractivity contribution is 9.77. The van der Waals surface area contributed by atoms with Gasteiger partial charge in [0.2, 0.25) is 0 Å². The van der Waals surface area contributed by atoms with Gasteiger partial charge in [-0.25, -0.2) is 18.1 Å². The van der Waals surface area contributed by atoms with Gasteiger partial charge in [-0.2, -0.15) is 48.6 Å². The van der Waals surface area contributed by atoms with Crippen LogP contribution >= 0.6 is 66.7 Å². The minimum atomic E-state index is -0.745. The van der Waals surface area contributed by atoms with Crippen molar-refractivity contribution < 1.29 is 0 Å². The van der Waals surface area contributed by atoms with Gasteiger partial charge in [0.05, 0.1) is 0 Å². The van der Waals surface area contributed by atoms with E-state index in [4.69, 9.17) is 0 Å². The van der Waals surface area contributed by atoms with Gasteiger partial charge in [-0.1, -0.05) is 46.0 Å². The molecule has 0 bridgehead atoms. The van der Waals surface area contributed by atoms with Gasteiger partial charge in [-0.3, -0.25) is 0 Å². The van der Waals surface area contributed by atoms with Crippen LogP contribution < -0.4 is 0 Å². The molecule has 228 valence electrons. The summed E-state index contributed by atoms with van der Waals surface area (Å²) in [5, 5.41) is 0. The van der Waals surface area contributed by atoms with Crippen LogP contribution in [0.2, 0.25) is 0 Å². The molecule has 0 amide bonds. The van der Waals surface area contributed by atoms with Crippen molar-refractivity contribution in [3.05, 3.63) is 0 Å². The molecule has 0 spiro atoms. The summed E-state index contributed by atoms with van der Waals surface area (Å²) in [4.78, 5) is 0. The minimum Gasteiger partial charge on any atom is -0.208 e. The maximum atomic E-state index is 2.84. The van der Waals surface area contributed by atoms with Crippen molar-refractivity contribution in [2.24, 2.45) is 0 Å². The van der Waals surface area contributed by atoms with Crippen molar-refractivity contribution in [2.75, 3.05) is 112 Å². The summed E-state index contributed by atoms with van der Waals surface area (Å²) < 4.78 is 0. The second-order valence-electron chi connectivity index (χ2n) is 12.9. The Balaban J connectivity index is 6.39. The summed E-state index contributed by atoms with van der Waals surface area (Å²) >= 11 is 0. The zero-order valence-corrected chi connectivity index (χ0v) is 34.2. The molecule has 0 aliphatic rings. The molecule has 8 heteroatoms. The molecule has 0 radical (unpaired) electrons. The Labute approximate surface area is 235 Å². The zero-order chi connectivity index (χ0) is 28.4. The van der Waals surface area contributed by atoms with Gasteiger partial charge < -0.3 is 0 Å². The van der Waals surface area contributed by atoms with Gasteiger partial charge >= 0.3 is 0 Å². The Morgan fingerprint density at radius 3 is 0.800 bits per heavy atom. The van der Waals surface area contributed by atoms with Gasteiger partial charge in [-0.05, 0) is 124 Å². The van der Waals surface area contributed by atoms with Crippen molar-refractivity contribution in [3.63, 3.8) is 0 Å². The lowest BCUT2D eigenvalue weighted by Gasteiger charge is -2.80. The molecular formula is C27H72S8. The quantitative estimate of drug-likeness (QED) is 0.115. The standard InChI is InChI=1S/C27H72S8/c1-19-21-23-25-27-29(5,6)31(9,10)33(13,14)35(17,18)34(15,16)32(11,12)30(7,8)28(3,4)26-24-22-20-2/h19-27H2,1-18H3. The van der Waals surface area contributed by atoms with E-state index in [-0.39, 0.29) is 0 Å². The van der Waals surface area contributed by atoms with Gasteiger partial charge in [0.1, 0.15) is 0 Å². The highest BCUT2D eigenvalue weighted by Crippen LogP contribution is 3.16. The second kappa shape index (κ2) is 13.2.